The van der Waals surface area contributed by atoms with Gasteiger partial charge in [0.2, 0.25) is 11.8 Å². The lowest BCUT2D eigenvalue weighted by Crippen LogP contribution is -2.34. The summed E-state index contributed by atoms with van der Waals surface area (Å²) in [5, 5.41) is 5.05. The molecule has 0 aliphatic heterocycles. The molecule has 5 heteroatoms. The molecule has 1 fully saturated rings. The fraction of sp³-hybridized carbons (Fsp3) is 0.222. The third kappa shape index (κ3) is 3.74. The van der Waals surface area contributed by atoms with Crippen LogP contribution in [0.3, 0.4) is 0 Å². The molecule has 0 bridgehead atoms. The Kier molecular flexibility index (Phi) is 4.37. The number of halogens is 1. The van der Waals surface area contributed by atoms with E-state index in [-0.39, 0.29) is 30.0 Å². The van der Waals surface area contributed by atoms with E-state index in [1.807, 2.05) is 30.3 Å². The number of hydrogen-bond donors (Lipinski definition) is 2. The lowest BCUT2D eigenvalue weighted by molar-refractivity contribution is -0.125. The van der Waals surface area contributed by atoms with Crippen LogP contribution in [0, 0.1) is 11.7 Å². The summed E-state index contributed by atoms with van der Waals surface area (Å²) in [5.74, 6) is -0.939. The van der Waals surface area contributed by atoms with Crippen LogP contribution >= 0.6 is 0 Å². The summed E-state index contributed by atoms with van der Waals surface area (Å²) >= 11 is 0. The SMILES string of the molecule is O=C(CNC(=O)[C@H]1C[C@H]1c1ccccc1)Nc1ccccc1F. The molecular formula is C18H17FN2O2. The average molecular weight is 312 g/mol. The minimum absolute atomic E-state index is 0.0846. The van der Waals surface area contributed by atoms with E-state index in [1.54, 1.807) is 12.1 Å². The molecule has 1 aliphatic rings. The fourth-order valence-corrected chi connectivity index (χ4v) is 2.61. The maximum atomic E-state index is 13.4. The smallest absolute Gasteiger partial charge is 0.243 e. The molecule has 2 amide bonds. The number of rotatable bonds is 5. The lowest BCUT2D eigenvalue weighted by atomic mass is 10.1. The van der Waals surface area contributed by atoms with E-state index < -0.39 is 11.7 Å². The Labute approximate surface area is 133 Å². The highest BCUT2D eigenvalue weighted by Gasteiger charge is 2.43. The number of hydrogen-bond acceptors (Lipinski definition) is 2. The van der Waals surface area contributed by atoms with E-state index in [0.29, 0.717) is 0 Å². The molecular weight excluding hydrogens is 295 g/mol. The van der Waals surface area contributed by atoms with Gasteiger partial charge in [0, 0.05) is 5.92 Å². The van der Waals surface area contributed by atoms with Gasteiger partial charge in [-0.3, -0.25) is 9.59 Å². The summed E-state index contributed by atoms with van der Waals surface area (Å²) in [6, 6.07) is 15.8. The van der Waals surface area contributed by atoms with Crippen molar-refractivity contribution in [3.05, 3.63) is 66.0 Å². The van der Waals surface area contributed by atoms with Crippen molar-refractivity contribution in [1.82, 2.24) is 5.32 Å². The zero-order chi connectivity index (χ0) is 16.2. The van der Waals surface area contributed by atoms with E-state index in [0.717, 1.165) is 12.0 Å². The molecule has 0 aromatic heterocycles. The maximum Gasteiger partial charge on any atom is 0.243 e. The predicted molar refractivity (Wildman–Crippen MR) is 85.3 cm³/mol. The predicted octanol–water partition coefficient (Wildman–Crippen LogP) is 2.68. The first-order chi connectivity index (χ1) is 11.1. The Balaban J connectivity index is 1.47. The van der Waals surface area contributed by atoms with Gasteiger partial charge in [-0.15, -0.1) is 0 Å². The zero-order valence-corrected chi connectivity index (χ0v) is 12.5. The monoisotopic (exact) mass is 312 g/mol. The van der Waals surface area contributed by atoms with Crippen molar-refractivity contribution >= 4 is 17.5 Å². The summed E-state index contributed by atoms with van der Waals surface area (Å²) in [4.78, 5) is 23.8. The van der Waals surface area contributed by atoms with Gasteiger partial charge in [-0.2, -0.15) is 0 Å². The first kappa shape index (κ1) is 15.2. The van der Waals surface area contributed by atoms with E-state index in [2.05, 4.69) is 10.6 Å². The highest BCUT2D eigenvalue weighted by molar-refractivity contribution is 5.95. The largest absolute Gasteiger partial charge is 0.347 e. The summed E-state index contributed by atoms with van der Waals surface area (Å²) < 4.78 is 13.4. The quantitative estimate of drug-likeness (QED) is 0.892. The second kappa shape index (κ2) is 6.60. The lowest BCUT2D eigenvalue weighted by Gasteiger charge is -2.07. The van der Waals surface area contributed by atoms with Crippen LogP contribution in [0.2, 0.25) is 0 Å². The van der Waals surface area contributed by atoms with Crippen molar-refractivity contribution in [3.8, 4) is 0 Å². The van der Waals surface area contributed by atoms with E-state index in [1.165, 1.54) is 12.1 Å². The molecule has 23 heavy (non-hydrogen) atoms. The number of anilines is 1. The van der Waals surface area contributed by atoms with Gasteiger partial charge >= 0.3 is 0 Å². The Morgan fingerprint density at radius 2 is 1.74 bits per heavy atom. The molecule has 4 nitrogen and oxygen atoms in total. The summed E-state index contributed by atoms with van der Waals surface area (Å²) in [5.41, 5.74) is 1.25. The van der Waals surface area contributed by atoms with Gasteiger partial charge in [0.1, 0.15) is 5.82 Å². The molecule has 2 atom stereocenters. The Hall–Kier alpha value is -2.69. The molecule has 0 heterocycles. The van der Waals surface area contributed by atoms with Crippen LogP contribution in [0.5, 0.6) is 0 Å². The third-order valence-corrected chi connectivity index (χ3v) is 3.93. The number of nitrogens with one attached hydrogen (secondary N) is 2. The first-order valence-corrected chi connectivity index (χ1v) is 7.52. The van der Waals surface area contributed by atoms with E-state index in [4.69, 9.17) is 0 Å². The Bertz CT molecular complexity index is 718. The number of carbonyl (C=O) groups excluding carboxylic acids is 2. The molecule has 0 unspecified atom stereocenters. The van der Waals surface area contributed by atoms with Crippen LogP contribution in [-0.4, -0.2) is 18.4 Å². The van der Waals surface area contributed by atoms with Crippen LogP contribution in [-0.2, 0) is 9.59 Å². The van der Waals surface area contributed by atoms with Crippen molar-refractivity contribution < 1.29 is 14.0 Å². The van der Waals surface area contributed by atoms with Gasteiger partial charge in [0.25, 0.3) is 0 Å². The molecule has 2 aromatic carbocycles. The minimum Gasteiger partial charge on any atom is -0.347 e. The second-order valence-electron chi connectivity index (χ2n) is 5.61. The third-order valence-electron chi connectivity index (χ3n) is 3.93. The van der Waals surface area contributed by atoms with E-state index in [9.17, 15) is 14.0 Å². The normalized spacial score (nSPS) is 19.0. The number of carbonyl (C=O) groups is 2. The summed E-state index contributed by atoms with van der Waals surface area (Å²) in [6.45, 7) is -0.162. The Morgan fingerprint density at radius 1 is 1.04 bits per heavy atom. The van der Waals surface area contributed by atoms with Crippen LogP contribution in [0.25, 0.3) is 0 Å². The van der Waals surface area contributed by atoms with Crippen molar-refractivity contribution in [2.45, 2.75) is 12.3 Å². The molecule has 0 radical (unpaired) electrons. The van der Waals surface area contributed by atoms with Crippen LogP contribution in [0.1, 0.15) is 17.9 Å². The van der Waals surface area contributed by atoms with Crippen LogP contribution < -0.4 is 10.6 Å². The molecule has 118 valence electrons. The van der Waals surface area contributed by atoms with Crippen molar-refractivity contribution in [3.63, 3.8) is 0 Å². The average Bonchev–Trinajstić information content (AvgIpc) is 3.36. The Morgan fingerprint density at radius 3 is 2.48 bits per heavy atom. The zero-order valence-electron chi connectivity index (χ0n) is 12.5. The van der Waals surface area contributed by atoms with Gasteiger partial charge in [0.05, 0.1) is 12.2 Å². The van der Waals surface area contributed by atoms with E-state index >= 15 is 0 Å². The van der Waals surface area contributed by atoms with Gasteiger partial charge in [-0.05, 0) is 30.0 Å². The second-order valence-corrected chi connectivity index (χ2v) is 5.61. The maximum absolute atomic E-state index is 13.4. The highest BCUT2D eigenvalue weighted by atomic mass is 19.1. The molecule has 1 saturated carbocycles. The standard InChI is InChI=1S/C18H17FN2O2/c19-15-8-4-5-9-16(15)21-17(22)11-20-18(23)14-10-13(14)12-6-2-1-3-7-12/h1-9,13-14H,10-11H2,(H,20,23)(H,21,22)/t13-,14-/m0/s1. The molecule has 1 aliphatic carbocycles. The van der Waals surface area contributed by atoms with Gasteiger partial charge in [0.15, 0.2) is 0 Å². The molecule has 0 spiro atoms. The van der Waals surface area contributed by atoms with Crippen molar-refractivity contribution in [2.24, 2.45) is 5.92 Å². The number of para-hydroxylation sites is 1. The van der Waals surface area contributed by atoms with Crippen molar-refractivity contribution in [1.29, 1.82) is 0 Å². The van der Waals surface area contributed by atoms with Crippen LogP contribution in [0.15, 0.2) is 54.6 Å². The van der Waals surface area contributed by atoms with Crippen molar-refractivity contribution in [2.75, 3.05) is 11.9 Å². The summed E-state index contributed by atoms with van der Waals surface area (Å²) in [7, 11) is 0. The summed E-state index contributed by atoms with van der Waals surface area (Å²) in [6.07, 6.45) is 0.796. The number of benzene rings is 2. The number of amides is 2. The topological polar surface area (TPSA) is 58.2 Å². The first-order valence-electron chi connectivity index (χ1n) is 7.52. The molecule has 2 N–H and O–H groups in total. The molecule has 0 saturated heterocycles. The minimum atomic E-state index is -0.501. The van der Waals surface area contributed by atoms with Crippen LogP contribution in [0.4, 0.5) is 10.1 Å². The van der Waals surface area contributed by atoms with Gasteiger partial charge < -0.3 is 10.6 Å². The molecule has 2 aromatic rings. The van der Waals surface area contributed by atoms with Gasteiger partial charge in [-0.1, -0.05) is 42.5 Å². The highest BCUT2D eigenvalue weighted by Crippen LogP contribution is 2.47. The molecule has 3 rings (SSSR count). The fourth-order valence-electron chi connectivity index (χ4n) is 2.61. The van der Waals surface area contributed by atoms with Gasteiger partial charge in [-0.25, -0.2) is 4.39 Å².